The average Bonchev–Trinajstić information content (AvgIpc) is 3.51. The first kappa shape index (κ1) is 23.9. The Morgan fingerprint density at radius 3 is 2.66 bits per heavy atom. The van der Waals surface area contributed by atoms with Crippen LogP contribution in [0.25, 0.3) is 17.3 Å². The number of amides is 1. The summed E-state index contributed by atoms with van der Waals surface area (Å²) in [7, 11) is 1.59. The van der Waals surface area contributed by atoms with Gasteiger partial charge in [0, 0.05) is 18.7 Å². The van der Waals surface area contributed by atoms with Gasteiger partial charge in [0.15, 0.2) is 23.1 Å². The molecule has 10 heteroatoms. The summed E-state index contributed by atoms with van der Waals surface area (Å²) < 4.78 is 17.9. The van der Waals surface area contributed by atoms with E-state index < -0.39 is 0 Å². The van der Waals surface area contributed by atoms with Crippen LogP contribution in [0.1, 0.15) is 54.1 Å². The summed E-state index contributed by atoms with van der Waals surface area (Å²) in [5.41, 5.74) is 2.74. The van der Waals surface area contributed by atoms with Crippen LogP contribution in [0.3, 0.4) is 0 Å². The van der Waals surface area contributed by atoms with E-state index >= 15 is 0 Å². The molecule has 35 heavy (non-hydrogen) atoms. The molecule has 3 aromatic heterocycles. The summed E-state index contributed by atoms with van der Waals surface area (Å²) in [4.78, 5) is 21.7. The van der Waals surface area contributed by atoms with Gasteiger partial charge < -0.3 is 19.3 Å². The summed E-state index contributed by atoms with van der Waals surface area (Å²) in [5, 5.41) is 11.3. The summed E-state index contributed by atoms with van der Waals surface area (Å²) >= 11 is 0. The van der Waals surface area contributed by atoms with Crippen molar-refractivity contribution in [3.05, 3.63) is 65.4 Å². The monoisotopic (exact) mass is 476 g/mol. The van der Waals surface area contributed by atoms with Gasteiger partial charge in [-0.05, 0) is 43.7 Å². The molecule has 1 N–H and O–H groups in total. The highest BCUT2D eigenvalue weighted by Crippen LogP contribution is 2.28. The maximum atomic E-state index is 12.8. The zero-order chi connectivity index (χ0) is 24.9. The average molecular weight is 477 g/mol. The van der Waals surface area contributed by atoms with E-state index in [1.54, 1.807) is 24.1 Å². The zero-order valence-electron chi connectivity index (χ0n) is 20.4. The van der Waals surface area contributed by atoms with Crippen LogP contribution in [0.2, 0.25) is 0 Å². The minimum absolute atomic E-state index is 0.174. The largest absolute Gasteiger partial charge is 0.493 e. The normalized spacial score (nSPS) is 11.0. The van der Waals surface area contributed by atoms with Gasteiger partial charge in [-0.2, -0.15) is 10.1 Å². The lowest BCUT2D eigenvalue weighted by Crippen LogP contribution is -2.23. The van der Waals surface area contributed by atoms with Crippen molar-refractivity contribution in [2.75, 3.05) is 13.7 Å². The first-order chi connectivity index (χ1) is 16.9. The Labute approximate surface area is 203 Å². The number of carbonyl (C=O) groups is 1. The number of rotatable bonds is 9. The third-order valence-electron chi connectivity index (χ3n) is 5.41. The minimum Gasteiger partial charge on any atom is -0.493 e. The fourth-order valence-electron chi connectivity index (χ4n) is 3.46. The highest BCUT2D eigenvalue weighted by Gasteiger charge is 2.17. The molecular weight excluding hydrogens is 448 g/mol. The van der Waals surface area contributed by atoms with E-state index in [0.717, 1.165) is 5.56 Å². The molecule has 0 unspecified atom stereocenters. The van der Waals surface area contributed by atoms with Crippen molar-refractivity contribution >= 4 is 5.91 Å². The molecule has 1 amide bonds. The molecule has 0 atom stereocenters. The number of hydrogen-bond donors (Lipinski definition) is 1. The van der Waals surface area contributed by atoms with E-state index in [0.29, 0.717) is 59.0 Å². The lowest BCUT2D eigenvalue weighted by atomic mass is 10.2. The van der Waals surface area contributed by atoms with Crippen LogP contribution in [0.15, 0.2) is 47.2 Å². The van der Waals surface area contributed by atoms with E-state index in [2.05, 4.69) is 25.5 Å². The van der Waals surface area contributed by atoms with Crippen LogP contribution < -0.4 is 14.8 Å². The van der Waals surface area contributed by atoms with Crippen LogP contribution in [0.4, 0.5) is 0 Å². The van der Waals surface area contributed by atoms with Gasteiger partial charge >= 0.3 is 0 Å². The second kappa shape index (κ2) is 10.4. The number of benzene rings is 1. The predicted molar refractivity (Wildman–Crippen MR) is 129 cm³/mol. The minimum atomic E-state index is -0.230. The molecule has 0 spiro atoms. The fraction of sp³-hybridized carbons (Fsp3) is 0.320. The van der Waals surface area contributed by atoms with Gasteiger partial charge in [-0.15, -0.1) is 0 Å². The molecule has 3 heterocycles. The van der Waals surface area contributed by atoms with Gasteiger partial charge in [0.1, 0.15) is 0 Å². The Morgan fingerprint density at radius 2 is 2.00 bits per heavy atom. The van der Waals surface area contributed by atoms with Crippen molar-refractivity contribution in [2.45, 2.75) is 40.2 Å². The fourth-order valence-corrected chi connectivity index (χ4v) is 3.46. The molecule has 0 radical (unpaired) electrons. The molecule has 0 aliphatic heterocycles. The van der Waals surface area contributed by atoms with Crippen LogP contribution in [0, 0.1) is 6.92 Å². The van der Waals surface area contributed by atoms with Crippen molar-refractivity contribution in [1.82, 2.24) is 30.2 Å². The van der Waals surface area contributed by atoms with Crippen molar-refractivity contribution < 1.29 is 18.8 Å². The third kappa shape index (κ3) is 5.16. The molecule has 0 saturated carbocycles. The van der Waals surface area contributed by atoms with Gasteiger partial charge in [-0.1, -0.05) is 25.1 Å². The maximum absolute atomic E-state index is 12.8. The second-order valence-corrected chi connectivity index (χ2v) is 8.17. The number of aromatic nitrogens is 5. The van der Waals surface area contributed by atoms with Gasteiger partial charge in [0.25, 0.3) is 11.8 Å². The van der Waals surface area contributed by atoms with Crippen LogP contribution >= 0.6 is 0 Å². The SMILES string of the molecule is CCOc1cc(CNC(=O)c2cnn(-c3ccc(-c4nc(C(C)C)no4)cn3)c2C)ccc1OC. The number of methoxy groups -OCH3 is 1. The smallest absolute Gasteiger partial charge is 0.259 e. The number of pyridine rings is 1. The molecular formula is C25H28N6O4. The summed E-state index contributed by atoms with van der Waals surface area (Å²) in [6, 6.07) is 9.20. The lowest BCUT2D eigenvalue weighted by molar-refractivity contribution is 0.0950. The Morgan fingerprint density at radius 1 is 1.17 bits per heavy atom. The topological polar surface area (TPSA) is 117 Å². The Kier molecular flexibility index (Phi) is 7.09. The van der Waals surface area contributed by atoms with E-state index in [1.807, 2.05) is 52.0 Å². The highest BCUT2D eigenvalue weighted by atomic mass is 16.5. The quantitative estimate of drug-likeness (QED) is 0.384. The van der Waals surface area contributed by atoms with E-state index in [9.17, 15) is 4.79 Å². The van der Waals surface area contributed by atoms with Crippen molar-refractivity contribution in [1.29, 1.82) is 0 Å². The van der Waals surface area contributed by atoms with E-state index in [4.69, 9.17) is 14.0 Å². The molecule has 182 valence electrons. The molecule has 10 nitrogen and oxygen atoms in total. The maximum Gasteiger partial charge on any atom is 0.259 e. The van der Waals surface area contributed by atoms with Gasteiger partial charge in [-0.3, -0.25) is 4.79 Å². The Bertz CT molecular complexity index is 1310. The van der Waals surface area contributed by atoms with Gasteiger partial charge in [0.05, 0.1) is 36.7 Å². The van der Waals surface area contributed by atoms with Crippen molar-refractivity contribution in [3.63, 3.8) is 0 Å². The molecule has 0 bridgehead atoms. The molecule has 4 aromatic rings. The number of ether oxygens (including phenoxy) is 2. The highest BCUT2D eigenvalue weighted by molar-refractivity contribution is 5.95. The van der Waals surface area contributed by atoms with Crippen molar-refractivity contribution in [2.24, 2.45) is 0 Å². The van der Waals surface area contributed by atoms with E-state index in [1.165, 1.54) is 6.20 Å². The second-order valence-electron chi connectivity index (χ2n) is 8.17. The summed E-state index contributed by atoms with van der Waals surface area (Å²) in [5.74, 6) is 2.87. The molecule has 0 aliphatic rings. The van der Waals surface area contributed by atoms with Crippen LogP contribution in [-0.2, 0) is 6.54 Å². The number of nitrogens with one attached hydrogen (secondary N) is 1. The Hall–Kier alpha value is -4.21. The number of carbonyl (C=O) groups excluding carboxylic acids is 1. The molecule has 1 aromatic carbocycles. The van der Waals surface area contributed by atoms with Gasteiger partial charge in [-0.25, -0.2) is 9.67 Å². The number of hydrogen-bond acceptors (Lipinski definition) is 8. The van der Waals surface area contributed by atoms with Gasteiger partial charge in [0.2, 0.25) is 0 Å². The zero-order valence-corrected chi connectivity index (χ0v) is 20.4. The third-order valence-corrected chi connectivity index (χ3v) is 5.41. The Balaban J connectivity index is 1.45. The summed E-state index contributed by atoms with van der Waals surface area (Å²) in [6.45, 7) is 8.59. The standard InChI is InChI=1S/C25H28N6O4/c1-6-34-21-11-17(7-9-20(21)33-5)12-27-24(32)19-14-28-31(16(19)4)22-10-8-18(13-26-22)25-29-23(15(2)3)30-35-25/h7-11,13-15H,6,12H2,1-5H3,(H,27,32). The molecule has 0 aliphatic carbocycles. The first-order valence-corrected chi connectivity index (χ1v) is 11.3. The molecule has 0 saturated heterocycles. The first-order valence-electron chi connectivity index (χ1n) is 11.3. The molecule has 4 rings (SSSR count). The van der Waals surface area contributed by atoms with Crippen molar-refractivity contribution in [3.8, 4) is 28.8 Å². The number of nitrogens with zero attached hydrogens (tertiary/aromatic N) is 5. The van der Waals surface area contributed by atoms with E-state index in [-0.39, 0.29) is 11.8 Å². The summed E-state index contributed by atoms with van der Waals surface area (Å²) in [6.07, 6.45) is 3.18. The molecule has 0 fully saturated rings. The van der Waals surface area contributed by atoms with Crippen LogP contribution in [-0.4, -0.2) is 44.5 Å². The predicted octanol–water partition coefficient (Wildman–Crippen LogP) is 4.09. The lowest BCUT2D eigenvalue weighted by Gasteiger charge is -2.11. The van der Waals surface area contributed by atoms with Crippen LogP contribution in [0.5, 0.6) is 11.5 Å².